The molecule has 1 rings (SSSR count). The zero-order valence-electron chi connectivity index (χ0n) is 11.0. The number of methoxy groups -OCH3 is 1. The number of hydrogen-bond donors (Lipinski definition) is 0. The van der Waals surface area contributed by atoms with E-state index in [9.17, 15) is 9.59 Å². The summed E-state index contributed by atoms with van der Waals surface area (Å²) in [4.78, 5) is 24.6. The van der Waals surface area contributed by atoms with E-state index < -0.39 is 0 Å². The molecule has 1 aliphatic heterocycles. The lowest BCUT2D eigenvalue weighted by Gasteiger charge is -2.34. The highest BCUT2D eigenvalue weighted by atomic mass is 16.5. The van der Waals surface area contributed by atoms with Gasteiger partial charge in [0, 0.05) is 19.1 Å². The number of esters is 2. The molecule has 6 nitrogen and oxygen atoms in total. The van der Waals surface area contributed by atoms with Crippen molar-refractivity contribution in [3.05, 3.63) is 0 Å². The minimum Gasteiger partial charge on any atom is -0.469 e. The smallest absolute Gasteiger partial charge is 0.307 e. The van der Waals surface area contributed by atoms with Gasteiger partial charge in [0.2, 0.25) is 0 Å². The van der Waals surface area contributed by atoms with E-state index in [1.54, 1.807) is 6.92 Å². The molecule has 1 saturated heterocycles. The minimum atomic E-state index is -0.258. The van der Waals surface area contributed by atoms with E-state index in [4.69, 9.17) is 9.47 Å². The van der Waals surface area contributed by atoms with E-state index in [0.717, 1.165) is 6.54 Å². The van der Waals surface area contributed by atoms with Crippen LogP contribution in [0.2, 0.25) is 0 Å². The van der Waals surface area contributed by atoms with Gasteiger partial charge in [0.25, 0.3) is 0 Å². The summed E-state index contributed by atoms with van der Waals surface area (Å²) in [5.74, 6) is -0.465. The van der Waals surface area contributed by atoms with E-state index in [2.05, 4.69) is 9.64 Å². The number of carbonyl (C=O) groups excluding carboxylic acids is 2. The summed E-state index contributed by atoms with van der Waals surface area (Å²) >= 11 is 0. The van der Waals surface area contributed by atoms with Crippen molar-refractivity contribution in [3.8, 4) is 0 Å². The van der Waals surface area contributed by atoms with E-state index >= 15 is 0 Å². The van der Waals surface area contributed by atoms with Gasteiger partial charge < -0.3 is 14.2 Å². The maximum atomic E-state index is 11.3. The Kier molecular flexibility index (Phi) is 6.67. The first-order chi connectivity index (χ1) is 8.67. The van der Waals surface area contributed by atoms with Crippen LogP contribution in [0.4, 0.5) is 0 Å². The molecule has 18 heavy (non-hydrogen) atoms. The summed E-state index contributed by atoms with van der Waals surface area (Å²) in [6.45, 7) is 4.61. The average Bonchev–Trinajstić information content (AvgIpc) is 2.38. The maximum absolute atomic E-state index is 11.3. The third-order valence-corrected chi connectivity index (χ3v) is 2.89. The molecule has 0 N–H and O–H groups in total. The van der Waals surface area contributed by atoms with Crippen LogP contribution in [-0.4, -0.2) is 62.9 Å². The SMILES string of the molecule is CCOC(=O)CCN1CCOCC1CC(=O)OC. The van der Waals surface area contributed by atoms with Crippen molar-refractivity contribution in [2.24, 2.45) is 0 Å². The first-order valence-electron chi connectivity index (χ1n) is 6.21. The van der Waals surface area contributed by atoms with Gasteiger partial charge in [-0.1, -0.05) is 0 Å². The number of carbonyl (C=O) groups is 2. The first kappa shape index (κ1) is 14.9. The summed E-state index contributed by atoms with van der Waals surface area (Å²) in [7, 11) is 1.37. The molecule has 0 aromatic carbocycles. The molecule has 1 atom stereocenters. The van der Waals surface area contributed by atoms with Crippen molar-refractivity contribution < 1.29 is 23.8 Å². The molecule has 1 fully saturated rings. The minimum absolute atomic E-state index is 0.0133. The van der Waals surface area contributed by atoms with Gasteiger partial charge >= 0.3 is 11.9 Å². The van der Waals surface area contributed by atoms with Gasteiger partial charge in [0.1, 0.15) is 0 Å². The van der Waals surface area contributed by atoms with Crippen molar-refractivity contribution in [1.82, 2.24) is 4.90 Å². The lowest BCUT2D eigenvalue weighted by molar-refractivity contribution is -0.145. The van der Waals surface area contributed by atoms with Gasteiger partial charge in [0.05, 0.1) is 39.8 Å². The molecule has 6 heteroatoms. The molecular weight excluding hydrogens is 238 g/mol. The number of morpholine rings is 1. The van der Waals surface area contributed by atoms with Crippen LogP contribution in [0.3, 0.4) is 0 Å². The van der Waals surface area contributed by atoms with E-state index in [0.29, 0.717) is 39.2 Å². The molecule has 0 aliphatic carbocycles. The molecular formula is C12H21NO5. The fourth-order valence-corrected chi connectivity index (χ4v) is 1.92. The van der Waals surface area contributed by atoms with Crippen molar-refractivity contribution in [2.45, 2.75) is 25.8 Å². The number of nitrogens with zero attached hydrogens (tertiary/aromatic N) is 1. The molecule has 0 bridgehead atoms. The second-order valence-electron chi connectivity index (χ2n) is 4.10. The van der Waals surface area contributed by atoms with Crippen LogP contribution in [-0.2, 0) is 23.8 Å². The molecule has 0 spiro atoms. The summed E-state index contributed by atoms with van der Waals surface area (Å²) in [6, 6.07) is -0.0133. The van der Waals surface area contributed by atoms with Crippen molar-refractivity contribution in [2.75, 3.05) is 40.0 Å². The summed E-state index contributed by atoms with van der Waals surface area (Å²) in [6.07, 6.45) is 0.630. The normalized spacial score (nSPS) is 20.4. The van der Waals surface area contributed by atoms with Gasteiger partial charge in [-0.3, -0.25) is 14.5 Å². The zero-order chi connectivity index (χ0) is 13.4. The Morgan fingerprint density at radius 1 is 1.39 bits per heavy atom. The summed E-state index contributed by atoms with van der Waals surface area (Å²) in [5.41, 5.74) is 0. The van der Waals surface area contributed by atoms with Gasteiger partial charge in [-0.2, -0.15) is 0 Å². The highest BCUT2D eigenvalue weighted by Crippen LogP contribution is 2.12. The highest BCUT2D eigenvalue weighted by Gasteiger charge is 2.26. The number of ether oxygens (including phenoxy) is 3. The number of rotatable bonds is 6. The Bertz CT molecular complexity index is 282. The maximum Gasteiger partial charge on any atom is 0.307 e. The van der Waals surface area contributed by atoms with Crippen LogP contribution in [0.15, 0.2) is 0 Å². The van der Waals surface area contributed by atoms with Crippen molar-refractivity contribution in [3.63, 3.8) is 0 Å². The van der Waals surface area contributed by atoms with Gasteiger partial charge in [0.15, 0.2) is 0 Å². The lowest BCUT2D eigenvalue weighted by atomic mass is 10.1. The zero-order valence-corrected chi connectivity index (χ0v) is 11.0. The van der Waals surface area contributed by atoms with E-state index in [1.165, 1.54) is 7.11 Å². The third kappa shape index (κ3) is 5.01. The monoisotopic (exact) mass is 259 g/mol. The predicted molar refractivity (Wildman–Crippen MR) is 64.1 cm³/mol. The van der Waals surface area contributed by atoms with E-state index in [1.807, 2.05) is 0 Å². The van der Waals surface area contributed by atoms with Crippen LogP contribution < -0.4 is 0 Å². The van der Waals surface area contributed by atoms with Crippen molar-refractivity contribution in [1.29, 1.82) is 0 Å². The topological polar surface area (TPSA) is 65.1 Å². The number of hydrogen-bond acceptors (Lipinski definition) is 6. The van der Waals surface area contributed by atoms with Crippen LogP contribution in [0, 0.1) is 0 Å². The molecule has 0 radical (unpaired) electrons. The fraction of sp³-hybridized carbons (Fsp3) is 0.833. The Balaban J connectivity index is 2.39. The standard InChI is InChI=1S/C12H21NO5/c1-3-18-11(14)4-5-13-6-7-17-9-10(13)8-12(15)16-2/h10H,3-9H2,1-2H3. The molecule has 104 valence electrons. The molecule has 1 heterocycles. The summed E-state index contributed by atoms with van der Waals surface area (Å²) in [5, 5.41) is 0. The van der Waals surface area contributed by atoms with Gasteiger partial charge in [-0.25, -0.2) is 0 Å². The molecule has 1 unspecified atom stereocenters. The Morgan fingerprint density at radius 2 is 2.17 bits per heavy atom. The first-order valence-corrected chi connectivity index (χ1v) is 6.21. The van der Waals surface area contributed by atoms with Crippen LogP contribution >= 0.6 is 0 Å². The van der Waals surface area contributed by atoms with Gasteiger partial charge in [-0.05, 0) is 6.92 Å². The predicted octanol–water partition coefficient (Wildman–Crippen LogP) is 0.204. The highest BCUT2D eigenvalue weighted by molar-refractivity contribution is 5.70. The van der Waals surface area contributed by atoms with Crippen molar-refractivity contribution >= 4 is 11.9 Å². The Labute approximate surface area is 107 Å². The van der Waals surface area contributed by atoms with Crippen LogP contribution in [0.5, 0.6) is 0 Å². The molecule has 1 aliphatic rings. The average molecular weight is 259 g/mol. The molecule has 0 amide bonds. The fourth-order valence-electron chi connectivity index (χ4n) is 1.92. The largest absolute Gasteiger partial charge is 0.469 e. The van der Waals surface area contributed by atoms with Crippen LogP contribution in [0.25, 0.3) is 0 Å². The second-order valence-corrected chi connectivity index (χ2v) is 4.10. The third-order valence-electron chi connectivity index (χ3n) is 2.89. The Morgan fingerprint density at radius 3 is 2.83 bits per heavy atom. The summed E-state index contributed by atoms with van der Waals surface area (Å²) < 4.78 is 14.9. The molecule has 0 aromatic heterocycles. The van der Waals surface area contributed by atoms with E-state index in [-0.39, 0.29) is 18.0 Å². The second kappa shape index (κ2) is 8.05. The Hall–Kier alpha value is -1.14. The molecule has 0 saturated carbocycles. The van der Waals surface area contributed by atoms with Gasteiger partial charge in [-0.15, -0.1) is 0 Å². The van der Waals surface area contributed by atoms with Crippen LogP contribution in [0.1, 0.15) is 19.8 Å². The lowest BCUT2D eigenvalue weighted by Crippen LogP contribution is -2.47. The molecule has 0 aromatic rings. The quantitative estimate of drug-likeness (QED) is 0.635.